The summed E-state index contributed by atoms with van der Waals surface area (Å²) in [6, 6.07) is -0.302. The van der Waals surface area contributed by atoms with E-state index < -0.39 is 17.8 Å². The number of nitrogens with one attached hydrogen (secondary N) is 1. The predicted molar refractivity (Wildman–Crippen MR) is 95.6 cm³/mol. The third-order valence-electron chi connectivity index (χ3n) is 3.61. The number of amides is 2. The van der Waals surface area contributed by atoms with Gasteiger partial charge in [-0.2, -0.15) is 0 Å². The van der Waals surface area contributed by atoms with Crippen molar-refractivity contribution in [2.45, 2.75) is 71.2 Å². The molecule has 1 aliphatic rings. The summed E-state index contributed by atoms with van der Waals surface area (Å²) in [5.74, 6) is 0. The molecule has 2 amide bonds. The highest BCUT2D eigenvalue weighted by Crippen LogP contribution is 2.33. The molecule has 0 spiro atoms. The van der Waals surface area contributed by atoms with E-state index in [1.54, 1.807) is 24.9 Å². The molecule has 0 radical (unpaired) electrons. The van der Waals surface area contributed by atoms with Gasteiger partial charge < -0.3 is 14.8 Å². The van der Waals surface area contributed by atoms with Crippen molar-refractivity contribution in [1.82, 2.24) is 15.2 Å². The zero-order chi connectivity index (χ0) is 18.6. The molecule has 1 aromatic heterocycles. The van der Waals surface area contributed by atoms with Crippen LogP contribution >= 0.6 is 11.3 Å². The minimum atomic E-state index is -0.582. The van der Waals surface area contributed by atoms with Gasteiger partial charge in [0.05, 0.1) is 18.2 Å². The number of carbonyl (C=O) groups excluding carboxylic acids is 2. The first-order valence-corrected chi connectivity index (χ1v) is 9.40. The number of hydrogen-bond donors (Lipinski definition) is 1. The number of carbonyl (C=O) groups is 2. The minimum absolute atomic E-state index is 0.131. The van der Waals surface area contributed by atoms with Gasteiger partial charge >= 0.3 is 12.2 Å². The van der Waals surface area contributed by atoms with Crippen molar-refractivity contribution in [2.24, 2.45) is 0 Å². The summed E-state index contributed by atoms with van der Waals surface area (Å²) in [4.78, 5) is 30.5. The van der Waals surface area contributed by atoms with Gasteiger partial charge in [-0.1, -0.05) is 0 Å². The lowest BCUT2D eigenvalue weighted by Crippen LogP contribution is -2.52. The Morgan fingerprint density at radius 2 is 2.08 bits per heavy atom. The number of piperidine rings is 1. The van der Waals surface area contributed by atoms with Crippen LogP contribution in [-0.2, 0) is 9.47 Å². The van der Waals surface area contributed by atoms with Crippen LogP contribution in [0.1, 0.15) is 58.5 Å². The highest BCUT2D eigenvalue weighted by molar-refractivity contribution is 7.09. The molecule has 2 heterocycles. The van der Waals surface area contributed by atoms with Gasteiger partial charge in [0.15, 0.2) is 0 Å². The standard InChI is InChI=1S/C17H27N3O4S/c1-11(2)23-15(21)19-12-6-7-13(14-18-8-9-25-14)20(10-12)16(22)24-17(3,4)5/h8-9,11-13H,6-7,10H2,1-5H3,(H,19,21). The number of rotatable bonds is 3. The van der Waals surface area contributed by atoms with Crippen LogP contribution in [-0.4, -0.2) is 46.4 Å². The topological polar surface area (TPSA) is 80.8 Å². The Bertz CT molecular complexity index is 583. The van der Waals surface area contributed by atoms with Crippen LogP contribution < -0.4 is 5.32 Å². The van der Waals surface area contributed by atoms with Crippen molar-refractivity contribution in [3.05, 3.63) is 16.6 Å². The molecule has 1 fully saturated rings. The molecule has 1 aromatic rings. The molecular weight excluding hydrogens is 342 g/mol. The molecule has 1 N–H and O–H groups in total. The van der Waals surface area contributed by atoms with Gasteiger partial charge in [-0.3, -0.25) is 4.90 Å². The van der Waals surface area contributed by atoms with E-state index in [1.807, 2.05) is 26.2 Å². The summed E-state index contributed by atoms with van der Waals surface area (Å²) in [5, 5.41) is 5.62. The Hall–Kier alpha value is -1.83. The smallest absolute Gasteiger partial charge is 0.410 e. The molecule has 2 rings (SSSR count). The fourth-order valence-electron chi connectivity index (χ4n) is 2.68. The first-order chi connectivity index (χ1) is 11.7. The monoisotopic (exact) mass is 369 g/mol. The number of hydrogen-bond acceptors (Lipinski definition) is 6. The Kier molecular flexibility index (Phi) is 6.26. The van der Waals surface area contributed by atoms with Gasteiger partial charge in [0.25, 0.3) is 0 Å². The number of alkyl carbamates (subject to hydrolysis) is 1. The number of ether oxygens (including phenoxy) is 2. The molecule has 0 aliphatic carbocycles. The van der Waals surface area contributed by atoms with Crippen molar-refractivity contribution in [3.8, 4) is 0 Å². The summed E-state index contributed by atoms with van der Waals surface area (Å²) < 4.78 is 10.7. The number of aromatic nitrogens is 1. The third-order valence-corrected chi connectivity index (χ3v) is 4.49. The minimum Gasteiger partial charge on any atom is -0.447 e. The molecule has 2 unspecified atom stereocenters. The van der Waals surface area contributed by atoms with Crippen molar-refractivity contribution in [1.29, 1.82) is 0 Å². The lowest BCUT2D eigenvalue weighted by atomic mass is 9.99. The molecule has 1 aliphatic heterocycles. The second-order valence-electron chi connectivity index (χ2n) is 7.39. The number of nitrogens with zero attached hydrogens (tertiary/aromatic N) is 2. The fraction of sp³-hybridized carbons (Fsp3) is 0.706. The average Bonchev–Trinajstić information content (AvgIpc) is 2.98. The zero-order valence-corrected chi connectivity index (χ0v) is 16.3. The quantitative estimate of drug-likeness (QED) is 0.878. The first-order valence-electron chi connectivity index (χ1n) is 8.52. The fourth-order valence-corrected chi connectivity index (χ4v) is 3.47. The van der Waals surface area contributed by atoms with Crippen molar-refractivity contribution >= 4 is 23.5 Å². The molecule has 2 atom stereocenters. The summed E-state index contributed by atoms with van der Waals surface area (Å²) in [7, 11) is 0. The van der Waals surface area contributed by atoms with E-state index in [4.69, 9.17) is 9.47 Å². The van der Waals surface area contributed by atoms with Crippen molar-refractivity contribution < 1.29 is 19.1 Å². The van der Waals surface area contributed by atoms with E-state index in [0.717, 1.165) is 11.4 Å². The number of thiazole rings is 1. The second-order valence-corrected chi connectivity index (χ2v) is 8.32. The van der Waals surface area contributed by atoms with Crippen LogP contribution in [0.25, 0.3) is 0 Å². The van der Waals surface area contributed by atoms with Crippen LogP contribution in [0, 0.1) is 0 Å². The van der Waals surface area contributed by atoms with E-state index in [9.17, 15) is 9.59 Å². The molecule has 0 aromatic carbocycles. The summed E-state index contributed by atoms with van der Waals surface area (Å²) in [6.45, 7) is 9.47. The van der Waals surface area contributed by atoms with E-state index in [0.29, 0.717) is 13.0 Å². The lowest BCUT2D eigenvalue weighted by molar-refractivity contribution is 0.00491. The summed E-state index contributed by atoms with van der Waals surface area (Å²) >= 11 is 1.52. The molecule has 140 valence electrons. The van der Waals surface area contributed by atoms with Gasteiger partial charge in [0.1, 0.15) is 10.6 Å². The zero-order valence-electron chi connectivity index (χ0n) is 15.4. The van der Waals surface area contributed by atoms with Crippen molar-refractivity contribution in [3.63, 3.8) is 0 Å². The van der Waals surface area contributed by atoms with E-state index in [1.165, 1.54) is 11.3 Å². The molecule has 1 saturated heterocycles. The molecule has 25 heavy (non-hydrogen) atoms. The second kappa shape index (κ2) is 8.03. The molecular formula is C17H27N3O4S. The molecule has 0 saturated carbocycles. The first kappa shape index (κ1) is 19.5. The van der Waals surface area contributed by atoms with Crippen LogP contribution in [0.4, 0.5) is 9.59 Å². The Morgan fingerprint density at radius 3 is 2.64 bits per heavy atom. The SMILES string of the molecule is CC(C)OC(=O)NC1CCC(c2nccs2)N(C(=O)OC(C)(C)C)C1. The van der Waals surface area contributed by atoms with E-state index in [-0.39, 0.29) is 18.2 Å². The average molecular weight is 369 g/mol. The summed E-state index contributed by atoms with van der Waals surface area (Å²) in [6.07, 6.45) is 2.15. The highest BCUT2D eigenvalue weighted by Gasteiger charge is 2.37. The Labute approximate surface area is 152 Å². The predicted octanol–water partition coefficient (Wildman–Crippen LogP) is 3.72. The van der Waals surface area contributed by atoms with Crippen LogP contribution in [0.15, 0.2) is 11.6 Å². The third kappa shape index (κ3) is 5.88. The van der Waals surface area contributed by atoms with Gasteiger partial charge in [-0.25, -0.2) is 14.6 Å². The van der Waals surface area contributed by atoms with Gasteiger partial charge in [-0.15, -0.1) is 11.3 Å². The van der Waals surface area contributed by atoms with E-state index in [2.05, 4.69) is 10.3 Å². The van der Waals surface area contributed by atoms with Gasteiger partial charge in [-0.05, 0) is 47.5 Å². The maximum absolute atomic E-state index is 12.7. The van der Waals surface area contributed by atoms with Crippen molar-refractivity contribution in [2.75, 3.05) is 6.54 Å². The van der Waals surface area contributed by atoms with Crippen LogP contribution in [0.5, 0.6) is 0 Å². The van der Waals surface area contributed by atoms with Crippen LogP contribution in [0.3, 0.4) is 0 Å². The molecule has 0 bridgehead atoms. The Balaban J connectivity index is 2.09. The molecule has 8 heteroatoms. The highest BCUT2D eigenvalue weighted by atomic mass is 32.1. The summed E-state index contributed by atoms with van der Waals surface area (Å²) in [5.41, 5.74) is -0.582. The normalized spacial score (nSPS) is 21.1. The van der Waals surface area contributed by atoms with Gasteiger partial charge in [0, 0.05) is 18.1 Å². The largest absolute Gasteiger partial charge is 0.447 e. The van der Waals surface area contributed by atoms with Crippen LogP contribution in [0.2, 0.25) is 0 Å². The Morgan fingerprint density at radius 1 is 1.36 bits per heavy atom. The maximum Gasteiger partial charge on any atom is 0.410 e. The molecule has 7 nitrogen and oxygen atoms in total. The maximum atomic E-state index is 12.7. The van der Waals surface area contributed by atoms with E-state index >= 15 is 0 Å². The van der Waals surface area contributed by atoms with Gasteiger partial charge in [0.2, 0.25) is 0 Å². The number of likely N-dealkylation sites (tertiary alicyclic amines) is 1. The lowest BCUT2D eigenvalue weighted by Gasteiger charge is -2.39.